The van der Waals surface area contributed by atoms with Crippen LogP contribution in [-0.2, 0) is 4.79 Å². The molecule has 2 N–H and O–H groups in total. The number of imidazole rings is 1. The Hall–Kier alpha value is -3.07. The Morgan fingerprint density at radius 2 is 2.04 bits per heavy atom. The summed E-state index contributed by atoms with van der Waals surface area (Å²) in [4.78, 5) is 18.1. The third kappa shape index (κ3) is 3.29. The number of halogens is 2. The molecule has 0 saturated carbocycles. The number of carbonyl (C=O) groups is 1. The van der Waals surface area contributed by atoms with E-state index in [1.54, 1.807) is 22.0 Å². The number of H-pyrrole nitrogens is 1. The first kappa shape index (κ1) is 18.3. The van der Waals surface area contributed by atoms with E-state index in [-0.39, 0.29) is 17.3 Å². The van der Waals surface area contributed by atoms with Crippen molar-refractivity contribution in [2.75, 3.05) is 5.32 Å². The van der Waals surface area contributed by atoms with Crippen LogP contribution in [0.1, 0.15) is 19.9 Å². The maximum atomic E-state index is 13.7. The summed E-state index contributed by atoms with van der Waals surface area (Å²) in [7, 11) is 0. The molecule has 28 heavy (non-hydrogen) atoms. The molecule has 0 aliphatic carbocycles. The highest BCUT2D eigenvalue weighted by molar-refractivity contribution is 7.13. The number of benzene rings is 1. The van der Waals surface area contributed by atoms with E-state index in [1.807, 2.05) is 31.4 Å². The van der Waals surface area contributed by atoms with E-state index in [9.17, 15) is 13.6 Å². The number of hydrogen-bond donors (Lipinski definition) is 2. The van der Waals surface area contributed by atoms with E-state index in [0.717, 1.165) is 22.7 Å². The Bertz CT molecular complexity index is 1130. The quantitative estimate of drug-likeness (QED) is 0.513. The van der Waals surface area contributed by atoms with Crippen LogP contribution < -0.4 is 5.32 Å². The third-order valence-electron chi connectivity index (χ3n) is 4.43. The van der Waals surface area contributed by atoms with Crippen LogP contribution in [0.3, 0.4) is 0 Å². The Morgan fingerprint density at radius 1 is 1.25 bits per heavy atom. The average molecular weight is 401 g/mol. The number of thiophene rings is 1. The van der Waals surface area contributed by atoms with Gasteiger partial charge >= 0.3 is 0 Å². The highest BCUT2D eigenvalue weighted by atomic mass is 32.1. The molecular formula is C19H17F2N5OS. The average Bonchev–Trinajstić information content (AvgIpc) is 3.37. The standard InChI is InChI=1S/C19H17F2N5OS/c1-10(2)18(26-9-22-13-6-11(20)12(21)7-15(13)26)19(27)23-17-8-14(24-25-17)16-4-3-5-28-16/h3-10,18H,1-2H3,(H2,23,24,25,27). The minimum Gasteiger partial charge on any atom is -0.318 e. The first-order chi connectivity index (χ1) is 13.4. The Balaban J connectivity index is 1.63. The first-order valence-corrected chi connectivity index (χ1v) is 9.53. The molecular weight excluding hydrogens is 384 g/mol. The minimum absolute atomic E-state index is 0.124. The highest BCUT2D eigenvalue weighted by Crippen LogP contribution is 2.28. The molecule has 4 rings (SSSR count). The van der Waals surface area contributed by atoms with Gasteiger partial charge in [0.2, 0.25) is 5.91 Å². The number of anilines is 1. The lowest BCUT2D eigenvalue weighted by molar-refractivity contribution is -0.120. The SMILES string of the molecule is CC(C)C(C(=O)Nc1cc(-c2cccs2)[nH]n1)n1cnc2cc(F)c(F)cc21. The summed E-state index contributed by atoms with van der Waals surface area (Å²) in [6, 6.07) is 7.05. The molecule has 0 spiro atoms. The topological polar surface area (TPSA) is 75.6 Å². The van der Waals surface area contributed by atoms with Crippen LogP contribution in [0.25, 0.3) is 21.6 Å². The Morgan fingerprint density at radius 3 is 2.75 bits per heavy atom. The van der Waals surface area contributed by atoms with Crippen LogP contribution in [0.2, 0.25) is 0 Å². The van der Waals surface area contributed by atoms with Gasteiger partial charge in [-0.3, -0.25) is 9.89 Å². The number of amides is 1. The summed E-state index contributed by atoms with van der Waals surface area (Å²) in [5.41, 5.74) is 1.45. The van der Waals surface area contributed by atoms with Crippen molar-refractivity contribution in [1.82, 2.24) is 19.7 Å². The second-order valence-corrected chi connectivity index (χ2v) is 7.68. The Labute approximate surface area is 163 Å². The van der Waals surface area contributed by atoms with Gasteiger partial charge in [0, 0.05) is 18.2 Å². The van der Waals surface area contributed by atoms with E-state index in [0.29, 0.717) is 11.3 Å². The predicted molar refractivity (Wildman–Crippen MR) is 104 cm³/mol. The van der Waals surface area contributed by atoms with Gasteiger partial charge in [-0.25, -0.2) is 13.8 Å². The number of aromatic amines is 1. The van der Waals surface area contributed by atoms with Gasteiger partial charge in [-0.2, -0.15) is 5.10 Å². The van der Waals surface area contributed by atoms with E-state index in [2.05, 4.69) is 20.5 Å². The van der Waals surface area contributed by atoms with Gasteiger partial charge in [0.05, 0.1) is 27.9 Å². The smallest absolute Gasteiger partial charge is 0.248 e. The van der Waals surface area contributed by atoms with Gasteiger partial charge in [-0.1, -0.05) is 19.9 Å². The molecule has 3 heterocycles. The van der Waals surface area contributed by atoms with Crippen LogP contribution in [0.4, 0.5) is 14.6 Å². The van der Waals surface area contributed by atoms with Gasteiger partial charge in [0.25, 0.3) is 0 Å². The summed E-state index contributed by atoms with van der Waals surface area (Å²) < 4.78 is 28.8. The van der Waals surface area contributed by atoms with Crippen LogP contribution in [-0.4, -0.2) is 25.7 Å². The molecule has 0 fully saturated rings. The summed E-state index contributed by atoms with van der Waals surface area (Å²) in [6.07, 6.45) is 1.43. The Kier molecular flexibility index (Phi) is 4.68. The molecule has 1 atom stereocenters. The van der Waals surface area contributed by atoms with Crippen molar-refractivity contribution in [3.8, 4) is 10.6 Å². The van der Waals surface area contributed by atoms with Crippen molar-refractivity contribution in [3.05, 3.63) is 53.7 Å². The summed E-state index contributed by atoms with van der Waals surface area (Å²) in [5.74, 6) is -2.00. The fourth-order valence-electron chi connectivity index (χ4n) is 3.14. The molecule has 144 valence electrons. The predicted octanol–water partition coefficient (Wildman–Crippen LogP) is 4.60. The van der Waals surface area contributed by atoms with E-state index in [1.165, 1.54) is 6.33 Å². The highest BCUT2D eigenvalue weighted by Gasteiger charge is 2.27. The molecule has 0 bridgehead atoms. The summed E-state index contributed by atoms with van der Waals surface area (Å²) in [6.45, 7) is 3.75. The van der Waals surface area contributed by atoms with Crippen LogP contribution in [0, 0.1) is 17.6 Å². The van der Waals surface area contributed by atoms with Crippen molar-refractivity contribution in [2.45, 2.75) is 19.9 Å². The fourth-order valence-corrected chi connectivity index (χ4v) is 3.83. The molecule has 1 aromatic carbocycles. The van der Waals surface area contributed by atoms with Gasteiger partial charge in [-0.15, -0.1) is 11.3 Å². The van der Waals surface area contributed by atoms with Gasteiger partial charge in [0.15, 0.2) is 17.5 Å². The van der Waals surface area contributed by atoms with Gasteiger partial charge in [-0.05, 0) is 17.4 Å². The van der Waals surface area contributed by atoms with E-state index >= 15 is 0 Å². The number of carbonyl (C=O) groups excluding carboxylic acids is 1. The number of hydrogen-bond acceptors (Lipinski definition) is 4. The molecule has 4 aromatic rings. The largest absolute Gasteiger partial charge is 0.318 e. The van der Waals surface area contributed by atoms with E-state index in [4.69, 9.17) is 0 Å². The molecule has 1 unspecified atom stereocenters. The monoisotopic (exact) mass is 401 g/mol. The molecule has 0 aliphatic heterocycles. The van der Waals surface area contributed by atoms with Crippen molar-refractivity contribution >= 4 is 34.1 Å². The van der Waals surface area contributed by atoms with Crippen LogP contribution in [0.5, 0.6) is 0 Å². The van der Waals surface area contributed by atoms with Crippen molar-refractivity contribution in [1.29, 1.82) is 0 Å². The lowest BCUT2D eigenvalue weighted by Gasteiger charge is -2.22. The molecule has 3 aromatic heterocycles. The third-order valence-corrected chi connectivity index (χ3v) is 5.34. The van der Waals surface area contributed by atoms with Crippen molar-refractivity contribution in [2.24, 2.45) is 5.92 Å². The second kappa shape index (κ2) is 7.16. The van der Waals surface area contributed by atoms with Crippen molar-refractivity contribution in [3.63, 3.8) is 0 Å². The number of nitrogens with zero attached hydrogens (tertiary/aromatic N) is 3. The van der Waals surface area contributed by atoms with Gasteiger partial charge in [0.1, 0.15) is 6.04 Å². The number of rotatable bonds is 5. The number of nitrogens with one attached hydrogen (secondary N) is 2. The zero-order valence-electron chi connectivity index (χ0n) is 15.1. The maximum Gasteiger partial charge on any atom is 0.248 e. The fraction of sp³-hybridized carbons (Fsp3) is 0.211. The molecule has 9 heteroatoms. The second-order valence-electron chi connectivity index (χ2n) is 6.73. The normalized spacial score (nSPS) is 12.6. The summed E-state index contributed by atoms with van der Waals surface area (Å²) in [5, 5.41) is 11.8. The summed E-state index contributed by atoms with van der Waals surface area (Å²) >= 11 is 1.56. The molecule has 0 radical (unpaired) electrons. The number of fused-ring (bicyclic) bond motifs is 1. The minimum atomic E-state index is -0.981. The zero-order valence-corrected chi connectivity index (χ0v) is 15.9. The van der Waals surface area contributed by atoms with E-state index < -0.39 is 17.7 Å². The molecule has 6 nitrogen and oxygen atoms in total. The number of aromatic nitrogens is 4. The lowest BCUT2D eigenvalue weighted by Crippen LogP contribution is -2.29. The van der Waals surface area contributed by atoms with Gasteiger partial charge < -0.3 is 9.88 Å². The first-order valence-electron chi connectivity index (χ1n) is 8.66. The van der Waals surface area contributed by atoms with Crippen molar-refractivity contribution < 1.29 is 13.6 Å². The molecule has 0 aliphatic rings. The molecule has 1 amide bonds. The maximum absolute atomic E-state index is 13.7. The zero-order chi connectivity index (χ0) is 19.8. The lowest BCUT2D eigenvalue weighted by atomic mass is 10.0. The van der Waals surface area contributed by atoms with Crippen LogP contribution >= 0.6 is 11.3 Å². The van der Waals surface area contributed by atoms with Crippen LogP contribution in [0.15, 0.2) is 42.0 Å². The molecule has 0 saturated heterocycles.